The summed E-state index contributed by atoms with van der Waals surface area (Å²) >= 11 is 11.8. The number of rotatable bonds is 3. The van der Waals surface area contributed by atoms with E-state index in [1.807, 2.05) is 18.2 Å². The number of nitrogens with zero attached hydrogens (tertiary/aromatic N) is 1. The Morgan fingerprint density at radius 3 is 2.81 bits per heavy atom. The Labute approximate surface area is 130 Å². The zero-order chi connectivity index (χ0) is 14.8. The standard InChI is InChI=1S/C15H9Cl2NO3/c16-9-5-6-11(17)10(7-9)15(19)20-8-14-18-12-3-1-2-4-13(12)21-14/h1-7H,8H2. The molecule has 0 aliphatic carbocycles. The van der Waals surface area contributed by atoms with Crippen LogP contribution in [-0.2, 0) is 11.3 Å². The van der Waals surface area contributed by atoms with Crippen LogP contribution in [-0.4, -0.2) is 11.0 Å². The quantitative estimate of drug-likeness (QED) is 0.667. The van der Waals surface area contributed by atoms with E-state index in [4.69, 9.17) is 32.4 Å². The average molecular weight is 322 g/mol. The van der Waals surface area contributed by atoms with Gasteiger partial charge >= 0.3 is 5.97 Å². The van der Waals surface area contributed by atoms with Crippen LogP contribution >= 0.6 is 23.2 Å². The van der Waals surface area contributed by atoms with Crippen LogP contribution in [0.25, 0.3) is 11.1 Å². The summed E-state index contributed by atoms with van der Waals surface area (Å²) in [6.07, 6.45) is 0. The number of aromatic nitrogens is 1. The molecule has 21 heavy (non-hydrogen) atoms. The van der Waals surface area contributed by atoms with Crippen molar-refractivity contribution in [1.82, 2.24) is 4.98 Å². The van der Waals surface area contributed by atoms with Gasteiger partial charge in [-0.05, 0) is 30.3 Å². The lowest BCUT2D eigenvalue weighted by Gasteiger charge is -2.04. The minimum Gasteiger partial charge on any atom is -0.452 e. The van der Waals surface area contributed by atoms with Gasteiger partial charge in [-0.1, -0.05) is 35.3 Å². The van der Waals surface area contributed by atoms with Gasteiger partial charge in [0.05, 0.1) is 10.6 Å². The highest BCUT2D eigenvalue weighted by atomic mass is 35.5. The van der Waals surface area contributed by atoms with Crippen molar-refractivity contribution in [2.24, 2.45) is 0 Å². The summed E-state index contributed by atoms with van der Waals surface area (Å²) in [4.78, 5) is 16.2. The van der Waals surface area contributed by atoms with E-state index >= 15 is 0 Å². The van der Waals surface area contributed by atoms with Crippen molar-refractivity contribution >= 4 is 40.3 Å². The predicted octanol–water partition coefficient (Wildman–Crippen LogP) is 4.49. The molecule has 4 nitrogen and oxygen atoms in total. The Kier molecular flexibility index (Phi) is 3.82. The molecule has 0 aliphatic heterocycles. The SMILES string of the molecule is O=C(OCc1nc2ccccc2o1)c1cc(Cl)ccc1Cl. The number of carbonyl (C=O) groups excluding carboxylic acids is 1. The monoisotopic (exact) mass is 321 g/mol. The highest BCUT2D eigenvalue weighted by molar-refractivity contribution is 6.35. The second-order valence-corrected chi connectivity index (χ2v) is 5.12. The molecule has 0 saturated heterocycles. The van der Waals surface area contributed by atoms with Crippen LogP contribution in [0.3, 0.4) is 0 Å². The van der Waals surface area contributed by atoms with Crippen molar-refractivity contribution in [3.63, 3.8) is 0 Å². The van der Waals surface area contributed by atoms with E-state index in [0.29, 0.717) is 22.0 Å². The van der Waals surface area contributed by atoms with Crippen molar-refractivity contribution in [2.45, 2.75) is 6.61 Å². The molecule has 0 bridgehead atoms. The first-order valence-corrected chi connectivity index (χ1v) is 6.86. The number of ether oxygens (including phenoxy) is 1. The number of hydrogen-bond donors (Lipinski definition) is 0. The molecule has 3 rings (SSSR count). The maximum Gasteiger partial charge on any atom is 0.340 e. The number of fused-ring (bicyclic) bond motifs is 1. The third-order valence-electron chi connectivity index (χ3n) is 2.81. The zero-order valence-electron chi connectivity index (χ0n) is 10.7. The molecule has 0 saturated carbocycles. The van der Waals surface area contributed by atoms with E-state index in [1.54, 1.807) is 18.2 Å². The smallest absolute Gasteiger partial charge is 0.340 e. The van der Waals surface area contributed by atoms with Crippen molar-refractivity contribution in [2.75, 3.05) is 0 Å². The Balaban J connectivity index is 1.74. The fourth-order valence-corrected chi connectivity index (χ4v) is 2.21. The summed E-state index contributed by atoms with van der Waals surface area (Å²) in [5.74, 6) is -0.257. The molecule has 0 N–H and O–H groups in total. The minimum absolute atomic E-state index is 0.0731. The normalized spacial score (nSPS) is 10.8. The molecule has 1 heterocycles. The van der Waals surface area contributed by atoms with Gasteiger partial charge in [0.1, 0.15) is 5.52 Å². The molecule has 1 aromatic heterocycles. The number of hydrogen-bond acceptors (Lipinski definition) is 4. The summed E-state index contributed by atoms with van der Waals surface area (Å²) in [5.41, 5.74) is 1.56. The first-order chi connectivity index (χ1) is 10.1. The molecule has 0 fully saturated rings. The molecule has 0 radical (unpaired) electrons. The number of oxazole rings is 1. The van der Waals surface area contributed by atoms with Crippen LogP contribution in [0.4, 0.5) is 0 Å². The van der Waals surface area contributed by atoms with Gasteiger partial charge in [0.15, 0.2) is 12.2 Å². The third kappa shape index (κ3) is 3.01. The summed E-state index contributed by atoms with van der Waals surface area (Å²) in [6.45, 7) is -0.0731. The molecule has 0 amide bonds. The third-order valence-corrected chi connectivity index (χ3v) is 3.38. The van der Waals surface area contributed by atoms with Gasteiger partial charge in [0, 0.05) is 5.02 Å². The van der Waals surface area contributed by atoms with E-state index in [2.05, 4.69) is 4.98 Å². The average Bonchev–Trinajstić information content (AvgIpc) is 2.90. The van der Waals surface area contributed by atoms with Crippen molar-refractivity contribution in [3.8, 4) is 0 Å². The Morgan fingerprint density at radius 2 is 2.00 bits per heavy atom. The highest BCUT2D eigenvalue weighted by Gasteiger charge is 2.14. The molecule has 6 heteroatoms. The predicted molar refractivity (Wildman–Crippen MR) is 79.6 cm³/mol. The molecular weight excluding hydrogens is 313 g/mol. The summed E-state index contributed by atoms with van der Waals surface area (Å²) in [7, 11) is 0. The number of esters is 1. The molecule has 106 valence electrons. The van der Waals surface area contributed by atoms with Crippen LogP contribution in [0.15, 0.2) is 46.9 Å². The van der Waals surface area contributed by atoms with Crippen molar-refractivity contribution in [3.05, 3.63) is 64.0 Å². The van der Waals surface area contributed by atoms with Crippen molar-refractivity contribution in [1.29, 1.82) is 0 Å². The Bertz CT molecular complexity index is 781. The fourth-order valence-electron chi connectivity index (χ4n) is 1.84. The minimum atomic E-state index is -0.579. The summed E-state index contributed by atoms with van der Waals surface area (Å²) in [5, 5.41) is 0.690. The maximum atomic E-state index is 12.0. The van der Waals surface area contributed by atoms with Gasteiger partial charge in [-0.3, -0.25) is 0 Å². The molecule has 3 aromatic rings. The van der Waals surface area contributed by atoms with Crippen LogP contribution < -0.4 is 0 Å². The van der Waals surface area contributed by atoms with Gasteiger partial charge in [0.25, 0.3) is 0 Å². The fraction of sp³-hybridized carbons (Fsp3) is 0.0667. The van der Waals surface area contributed by atoms with E-state index < -0.39 is 5.97 Å². The van der Waals surface area contributed by atoms with Crippen LogP contribution in [0.1, 0.15) is 16.2 Å². The highest BCUT2D eigenvalue weighted by Crippen LogP contribution is 2.22. The zero-order valence-corrected chi connectivity index (χ0v) is 12.2. The molecule has 0 aliphatic rings. The van der Waals surface area contributed by atoms with Crippen LogP contribution in [0, 0.1) is 0 Å². The lowest BCUT2D eigenvalue weighted by molar-refractivity contribution is 0.0440. The number of carbonyl (C=O) groups is 1. The summed E-state index contributed by atoms with van der Waals surface area (Å²) in [6, 6.07) is 11.9. The number of benzene rings is 2. The lowest BCUT2D eigenvalue weighted by atomic mass is 10.2. The van der Waals surface area contributed by atoms with Gasteiger partial charge in [-0.25, -0.2) is 9.78 Å². The molecular formula is C15H9Cl2NO3. The molecule has 0 spiro atoms. The van der Waals surface area contributed by atoms with E-state index in [9.17, 15) is 4.79 Å². The van der Waals surface area contributed by atoms with Gasteiger partial charge < -0.3 is 9.15 Å². The first kappa shape index (κ1) is 13.9. The first-order valence-electron chi connectivity index (χ1n) is 6.10. The van der Waals surface area contributed by atoms with Crippen molar-refractivity contribution < 1.29 is 13.9 Å². The van der Waals surface area contributed by atoms with E-state index in [1.165, 1.54) is 6.07 Å². The topological polar surface area (TPSA) is 52.3 Å². The maximum absolute atomic E-state index is 12.0. The Hall–Kier alpha value is -2.04. The van der Waals surface area contributed by atoms with Gasteiger partial charge in [-0.15, -0.1) is 0 Å². The van der Waals surface area contributed by atoms with Crippen LogP contribution in [0.2, 0.25) is 10.0 Å². The van der Waals surface area contributed by atoms with Gasteiger partial charge in [-0.2, -0.15) is 0 Å². The lowest BCUT2D eigenvalue weighted by Crippen LogP contribution is -2.06. The molecule has 0 atom stereocenters. The van der Waals surface area contributed by atoms with E-state index in [-0.39, 0.29) is 17.2 Å². The number of para-hydroxylation sites is 2. The van der Waals surface area contributed by atoms with Gasteiger partial charge in [0.2, 0.25) is 5.89 Å². The van der Waals surface area contributed by atoms with E-state index in [0.717, 1.165) is 0 Å². The summed E-state index contributed by atoms with van der Waals surface area (Å²) < 4.78 is 10.6. The number of halogens is 2. The second kappa shape index (κ2) is 5.76. The molecule has 2 aromatic carbocycles. The second-order valence-electron chi connectivity index (χ2n) is 4.28. The Morgan fingerprint density at radius 1 is 1.19 bits per heavy atom. The largest absolute Gasteiger partial charge is 0.452 e. The molecule has 0 unspecified atom stereocenters. The van der Waals surface area contributed by atoms with Crippen LogP contribution in [0.5, 0.6) is 0 Å².